The highest BCUT2D eigenvalue weighted by molar-refractivity contribution is 6.16. The molecule has 0 amide bonds. The first-order valence-corrected chi connectivity index (χ1v) is 7.70. The topological polar surface area (TPSA) is 35.6 Å². The van der Waals surface area contributed by atoms with E-state index >= 15 is 0 Å². The van der Waals surface area contributed by atoms with Gasteiger partial charge in [0.2, 0.25) is 0 Å². The molecule has 0 atom stereocenters. The molecule has 0 aliphatic rings. The molecule has 0 saturated heterocycles. The standard InChI is InChI=1S/C16H19ClN4/c1-4-12-7-5-6-8-13(12)10-21-14(9-17)18-15-11(2)19-20(3)16(15)21/h5-8H,4,9-10H2,1-3H3. The number of hydrogen-bond donors (Lipinski definition) is 0. The van der Waals surface area contributed by atoms with Crippen molar-refractivity contribution in [3.8, 4) is 0 Å². The summed E-state index contributed by atoms with van der Waals surface area (Å²) >= 11 is 6.09. The zero-order chi connectivity index (χ0) is 15.0. The molecule has 2 aromatic heterocycles. The molecule has 5 heteroatoms. The number of hydrogen-bond acceptors (Lipinski definition) is 2. The highest BCUT2D eigenvalue weighted by Crippen LogP contribution is 2.22. The van der Waals surface area contributed by atoms with E-state index in [0.717, 1.165) is 35.6 Å². The molecule has 0 spiro atoms. The Morgan fingerprint density at radius 2 is 1.90 bits per heavy atom. The number of alkyl halides is 1. The van der Waals surface area contributed by atoms with Crippen LogP contribution in [0.1, 0.15) is 29.6 Å². The molecule has 21 heavy (non-hydrogen) atoms. The predicted molar refractivity (Wildman–Crippen MR) is 85.7 cm³/mol. The minimum Gasteiger partial charge on any atom is -0.307 e. The first-order chi connectivity index (χ1) is 10.2. The minimum absolute atomic E-state index is 0.405. The van der Waals surface area contributed by atoms with Gasteiger partial charge in [-0.25, -0.2) is 4.98 Å². The minimum atomic E-state index is 0.405. The van der Waals surface area contributed by atoms with Crippen LogP contribution in [0.4, 0.5) is 0 Å². The van der Waals surface area contributed by atoms with E-state index in [1.165, 1.54) is 11.1 Å². The van der Waals surface area contributed by atoms with E-state index < -0.39 is 0 Å². The predicted octanol–water partition coefficient (Wildman–Crippen LogP) is 3.43. The fraction of sp³-hybridized carbons (Fsp3) is 0.375. The van der Waals surface area contributed by atoms with E-state index in [0.29, 0.717) is 5.88 Å². The third-order valence-corrected chi connectivity index (χ3v) is 4.16. The molecule has 0 unspecified atom stereocenters. The second-order valence-corrected chi connectivity index (χ2v) is 5.52. The quantitative estimate of drug-likeness (QED) is 0.692. The maximum atomic E-state index is 6.09. The number of fused-ring (bicyclic) bond motifs is 1. The van der Waals surface area contributed by atoms with Crippen molar-refractivity contribution < 1.29 is 0 Å². The van der Waals surface area contributed by atoms with Crippen molar-refractivity contribution in [1.82, 2.24) is 19.3 Å². The van der Waals surface area contributed by atoms with Gasteiger partial charge in [0.1, 0.15) is 11.3 Å². The van der Waals surface area contributed by atoms with E-state index in [2.05, 4.69) is 45.8 Å². The second kappa shape index (κ2) is 5.53. The molecular formula is C16H19ClN4. The van der Waals surface area contributed by atoms with Crippen LogP contribution < -0.4 is 0 Å². The Morgan fingerprint density at radius 1 is 1.19 bits per heavy atom. The van der Waals surface area contributed by atoms with Gasteiger partial charge < -0.3 is 4.57 Å². The van der Waals surface area contributed by atoms with Crippen LogP contribution in [0, 0.1) is 6.92 Å². The van der Waals surface area contributed by atoms with Gasteiger partial charge in [-0.3, -0.25) is 4.68 Å². The first kappa shape index (κ1) is 14.1. The largest absolute Gasteiger partial charge is 0.307 e. The van der Waals surface area contributed by atoms with Gasteiger partial charge in [0.25, 0.3) is 0 Å². The smallest absolute Gasteiger partial charge is 0.159 e. The van der Waals surface area contributed by atoms with Gasteiger partial charge in [0, 0.05) is 7.05 Å². The van der Waals surface area contributed by atoms with Crippen molar-refractivity contribution in [2.24, 2.45) is 7.05 Å². The van der Waals surface area contributed by atoms with Gasteiger partial charge in [-0.1, -0.05) is 31.2 Å². The lowest BCUT2D eigenvalue weighted by Crippen LogP contribution is -2.09. The number of aromatic nitrogens is 4. The first-order valence-electron chi connectivity index (χ1n) is 7.17. The molecule has 0 aliphatic heterocycles. The fourth-order valence-electron chi connectivity index (χ4n) is 2.88. The molecule has 1 aromatic carbocycles. The lowest BCUT2D eigenvalue weighted by Gasteiger charge is -2.11. The zero-order valence-electron chi connectivity index (χ0n) is 12.6. The molecule has 3 rings (SSSR count). The monoisotopic (exact) mass is 302 g/mol. The Hall–Kier alpha value is -1.81. The van der Waals surface area contributed by atoms with Crippen LogP contribution in [0.25, 0.3) is 11.2 Å². The van der Waals surface area contributed by atoms with Crippen molar-refractivity contribution in [1.29, 1.82) is 0 Å². The van der Waals surface area contributed by atoms with E-state index in [9.17, 15) is 0 Å². The Morgan fingerprint density at radius 3 is 2.57 bits per heavy atom. The van der Waals surface area contributed by atoms with Crippen LogP contribution in [0.15, 0.2) is 24.3 Å². The summed E-state index contributed by atoms with van der Waals surface area (Å²) in [5.74, 6) is 1.30. The van der Waals surface area contributed by atoms with Gasteiger partial charge in [-0.15, -0.1) is 11.6 Å². The Labute approximate surface area is 129 Å². The Balaban J connectivity index is 2.15. The number of imidazole rings is 1. The molecule has 0 aliphatic carbocycles. The van der Waals surface area contributed by atoms with Gasteiger partial charge in [-0.05, 0) is 24.5 Å². The summed E-state index contributed by atoms with van der Waals surface area (Å²) in [5.41, 5.74) is 5.60. The molecular weight excluding hydrogens is 284 g/mol. The SMILES string of the molecule is CCc1ccccc1Cn1c(CCl)nc2c(C)nn(C)c21. The lowest BCUT2D eigenvalue weighted by atomic mass is 10.1. The lowest BCUT2D eigenvalue weighted by molar-refractivity contribution is 0.699. The summed E-state index contributed by atoms with van der Waals surface area (Å²) in [6, 6.07) is 8.52. The van der Waals surface area contributed by atoms with E-state index in [-0.39, 0.29) is 0 Å². The average molecular weight is 303 g/mol. The summed E-state index contributed by atoms with van der Waals surface area (Å²) in [6.45, 7) is 4.94. The summed E-state index contributed by atoms with van der Waals surface area (Å²) in [5, 5.41) is 4.46. The van der Waals surface area contributed by atoms with Crippen molar-refractivity contribution in [3.05, 3.63) is 46.9 Å². The van der Waals surface area contributed by atoms with Crippen molar-refractivity contribution in [3.63, 3.8) is 0 Å². The van der Waals surface area contributed by atoms with Crippen LogP contribution in [-0.2, 0) is 25.9 Å². The molecule has 0 bridgehead atoms. The number of nitrogens with zero attached hydrogens (tertiary/aromatic N) is 4. The number of aryl methyl sites for hydroxylation is 3. The highest BCUT2D eigenvalue weighted by atomic mass is 35.5. The Kier molecular flexibility index (Phi) is 3.72. The highest BCUT2D eigenvalue weighted by Gasteiger charge is 2.17. The number of halogens is 1. The van der Waals surface area contributed by atoms with Crippen molar-refractivity contribution in [2.45, 2.75) is 32.7 Å². The van der Waals surface area contributed by atoms with Gasteiger partial charge in [0.15, 0.2) is 5.65 Å². The summed E-state index contributed by atoms with van der Waals surface area (Å²) in [4.78, 5) is 4.65. The molecule has 0 N–H and O–H groups in total. The molecule has 110 valence electrons. The molecule has 4 nitrogen and oxygen atoms in total. The molecule has 3 aromatic rings. The maximum Gasteiger partial charge on any atom is 0.159 e. The summed E-state index contributed by atoms with van der Waals surface area (Å²) in [7, 11) is 1.96. The summed E-state index contributed by atoms with van der Waals surface area (Å²) in [6.07, 6.45) is 1.02. The second-order valence-electron chi connectivity index (χ2n) is 5.25. The van der Waals surface area contributed by atoms with Crippen LogP contribution in [0.3, 0.4) is 0 Å². The van der Waals surface area contributed by atoms with Gasteiger partial charge in [0.05, 0.1) is 18.1 Å². The normalized spacial score (nSPS) is 11.4. The molecule has 2 heterocycles. The number of benzene rings is 1. The Bertz CT molecular complexity index is 785. The maximum absolute atomic E-state index is 6.09. The molecule has 0 saturated carbocycles. The van der Waals surface area contributed by atoms with Crippen LogP contribution in [0.5, 0.6) is 0 Å². The van der Waals surface area contributed by atoms with Crippen molar-refractivity contribution in [2.75, 3.05) is 0 Å². The third-order valence-electron chi connectivity index (χ3n) is 3.92. The van der Waals surface area contributed by atoms with Crippen LogP contribution in [-0.4, -0.2) is 19.3 Å². The zero-order valence-corrected chi connectivity index (χ0v) is 13.4. The third kappa shape index (κ3) is 2.33. The number of rotatable bonds is 4. The molecule has 0 radical (unpaired) electrons. The van der Waals surface area contributed by atoms with E-state index in [1.807, 2.05) is 18.7 Å². The summed E-state index contributed by atoms with van der Waals surface area (Å²) < 4.78 is 4.07. The van der Waals surface area contributed by atoms with E-state index in [4.69, 9.17) is 11.6 Å². The van der Waals surface area contributed by atoms with Gasteiger partial charge >= 0.3 is 0 Å². The van der Waals surface area contributed by atoms with Crippen molar-refractivity contribution >= 4 is 22.8 Å². The average Bonchev–Trinajstić information content (AvgIpc) is 2.98. The van der Waals surface area contributed by atoms with Gasteiger partial charge in [-0.2, -0.15) is 5.10 Å². The van der Waals surface area contributed by atoms with Crippen LogP contribution in [0.2, 0.25) is 0 Å². The fourth-order valence-corrected chi connectivity index (χ4v) is 3.08. The molecule has 0 fully saturated rings. The van der Waals surface area contributed by atoms with Crippen LogP contribution >= 0.6 is 11.6 Å². The van der Waals surface area contributed by atoms with E-state index in [1.54, 1.807) is 0 Å².